The summed E-state index contributed by atoms with van der Waals surface area (Å²) in [5.41, 5.74) is 0. The highest BCUT2D eigenvalue weighted by molar-refractivity contribution is 7.45. The molecule has 0 aromatic rings. The summed E-state index contributed by atoms with van der Waals surface area (Å²) in [5.74, 6) is -0.930. The Morgan fingerprint density at radius 3 is 1.60 bits per heavy atom. The molecule has 0 amide bonds. The predicted octanol–water partition coefficient (Wildman–Crippen LogP) is 11.0. The van der Waals surface area contributed by atoms with E-state index >= 15 is 0 Å². The number of esters is 2. The lowest BCUT2D eigenvalue weighted by Crippen LogP contribution is -2.37. The van der Waals surface area contributed by atoms with Gasteiger partial charge < -0.3 is 27.9 Å². The number of likely N-dealkylation sites (N-methyl/N-ethyl adjacent to an activating group) is 1. The number of unbranched alkanes of at least 4 members (excludes halogenated alkanes) is 8. The van der Waals surface area contributed by atoms with Gasteiger partial charge in [-0.2, -0.15) is 0 Å². The minimum absolute atomic E-state index is 0.0473. The Morgan fingerprint density at radius 2 is 1.05 bits per heavy atom. The van der Waals surface area contributed by atoms with Crippen LogP contribution < -0.4 is 4.89 Å². The maximum atomic E-state index is 12.6. The van der Waals surface area contributed by atoms with Gasteiger partial charge in [0.1, 0.15) is 19.8 Å². The smallest absolute Gasteiger partial charge is 0.306 e. The summed E-state index contributed by atoms with van der Waals surface area (Å²) in [6.07, 6.45) is 46.2. The second kappa shape index (κ2) is 36.8. The Balaban J connectivity index is 4.53. The molecule has 2 atom stereocenters. The number of hydrogen-bond acceptors (Lipinski definition) is 8. The van der Waals surface area contributed by atoms with Crippen LogP contribution in [0, 0.1) is 0 Å². The molecule has 9 nitrogen and oxygen atoms in total. The van der Waals surface area contributed by atoms with Crippen molar-refractivity contribution < 1.29 is 42.1 Å². The third-order valence-corrected chi connectivity index (χ3v) is 9.11. The number of quaternary nitrogens is 1. The molecule has 0 aliphatic heterocycles. The molecule has 0 fully saturated rings. The first-order valence-electron chi connectivity index (χ1n) is 20.8. The first kappa shape index (κ1) is 52.2. The third-order valence-electron chi connectivity index (χ3n) is 8.15. The second-order valence-corrected chi connectivity index (χ2v) is 16.0. The van der Waals surface area contributed by atoms with Gasteiger partial charge in [0.15, 0.2) is 6.10 Å². The maximum Gasteiger partial charge on any atom is 0.306 e. The van der Waals surface area contributed by atoms with Crippen molar-refractivity contribution in [3.05, 3.63) is 85.1 Å². The van der Waals surface area contributed by atoms with Crippen LogP contribution in [0.2, 0.25) is 0 Å². The molecule has 55 heavy (non-hydrogen) atoms. The van der Waals surface area contributed by atoms with E-state index in [1.807, 2.05) is 27.2 Å². The molecule has 0 N–H and O–H groups in total. The average Bonchev–Trinajstić information content (AvgIpc) is 3.13. The van der Waals surface area contributed by atoms with Crippen LogP contribution in [0.5, 0.6) is 0 Å². The standard InChI is InChI=1S/C45H76NO8P/c1-6-8-10-12-14-16-18-20-22-23-24-26-27-29-31-33-35-37-44(47)51-41-43(42-53-55(49,50)52-40-39-46(3,4)5)54-45(48)38-36-34-32-30-28-25-21-19-17-15-13-11-9-7-2/h8,10,13-16,19-22,24,26,29,31,43H,6-7,9,11-12,17-18,23,25,27-28,30,32-42H2,1-5H3/b10-8+,15-13+,16-14+,21-19+,22-20+,26-24+,31-29+/t43-/m1/s1. The Labute approximate surface area is 335 Å². The lowest BCUT2D eigenvalue weighted by Gasteiger charge is -2.28. The molecule has 0 spiro atoms. The van der Waals surface area contributed by atoms with Crippen LogP contribution in [-0.2, 0) is 32.7 Å². The molecule has 1 unspecified atom stereocenters. The van der Waals surface area contributed by atoms with Crippen LogP contribution in [0.3, 0.4) is 0 Å². The monoisotopic (exact) mass is 790 g/mol. The Hall–Kier alpha value is -2.81. The van der Waals surface area contributed by atoms with E-state index in [4.69, 9.17) is 18.5 Å². The molecule has 0 aliphatic rings. The fraction of sp³-hybridized carbons (Fsp3) is 0.644. The van der Waals surface area contributed by atoms with Crippen molar-refractivity contribution in [3.63, 3.8) is 0 Å². The molecular formula is C45H76NO8P. The molecule has 0 rings (SSSR count). The van der Waals surface area contributed by atoms with Gasteiger partial charge in [-0.05, 0) is 77.0 Å². The van der Waals surface area contributed by atoms with Gasteiger partial charge in [-0.25, -0.2) is 0 Å². The Kier molecular flexibility index (Phi) is 34.9. The van der Waals surface area contributed by atoms with Gasteiger partial charge in [0, 0.05) is 12.8 Å². The van der Waals surface area contributed by atoms with Crippen molar-refractivity contribution in [2.45, 2.75) is 142 Å². The molecular weight excluding hydrogens is 713 g/mol. The zero-order valence-corrected chi connectivity index (χ0v) is 36.0. The number of hydrogen-bond donors (Lipinski definition) is 0. The highest BCUT2D eigenvalue weighted by Gasteiger charge is 2.21. The van der Waals surface area contributed by atoms with Gasteiger partial charge in [0.05, 0.1) is 27.7 Å². The summed E-state index contributed by atoms with van der Waals surface area (Å²) in [6.45, 7) is 3.95. The summed E-state index contributed by atoms with van der Waals surface area (Å²) in [6, 6.07) is 0. The van der Waals surface area contributed by atoms with Crippen LogP contribution >= 0.6 is 7.82 Å². The zero-order valence-electron chi connectivity index (χ0n) is 35.1. The molecule has 314 valence electrons. The molecule has 0 bridgehead atoms. The summed E-state index contributed by atoms with van der Waals surface area (Å²) < 4.78 is 33.7. The van der Waals surface area contributed by atoms with Crippen molar-refractivity contribution in [3.8, 4) is 0 Å². The molecule has 10 heteroatoms. The molecule has 0 radical (unpaired) electrons. The number of phosphoric ester groups is 1. The number of nitrogens with zero attached hydrogens (tertiary/aromatic N) is 1. The van der Waals surface area contributed by atoms with Gasteiger partial charge >= 0.3 is 11.9 Å². The predicted molar refractivity (Wildman–Crippen MR) is 226 cm³/mol. The van der Waals surface area contributed by atoms with Gasteiger partial charge in [0.2, 0.25) is 0 Å². The van der Waals surface area contributed by atoms with Gasteiger partial charge in [0.25, 0.3) is 7.82 Å². The number of carbonyl (C=O) groups excluding carboxylic acids is 2. The van der Waals surface area contributed by atoms with Crippen LogP contribution in [0.4, 0.5) is 0 Å². The highest BCUT2D eigenvalue weighted by atomic mass is 31.2. The van der Waals surface area contributed by atoms with E-state index in [-0.39, 0.29) is 26.1 Å². The van der Waals surface area contributed by atoms with Crippen LogP contribution in [0.25, 0.3) is 0 Å². The first-order chi connectivity index (χ1) is 26.5. The zero-order chi connectivity index (χ0) is 40.7. The van der Waals surface area contributed by atoms with Crippen LogP contribution in [0.1, 0.15) is 136 Å². The number of phosphoric acid groups is 1. The minimum Gasteiger partial charge on any atom is -0.756 e. The fourth-order valence-corrected chi connectivity index (χ4v) is 5.61. The normalized spacial score (nSPS) is 14.5. The summed E-state index contributed by atoms with van der Waals surface area (Å²) >= 11 is 0. The van der Waals surface area contributed by atoms with Crippen molar-refractivity contribution in [2.24, 2.45) is 0 Å². The lowest BCUT2D eigenvalue weighted by atomic mass is 10.1. The fourth-order valence-electron chi connectivity index (χ4n) is 4.88. The average molecular weight is 790 g/mol. The van der Waals surface area contributed by atoms with Gasteiger partial charge in [-0.1, -0.05) is 131 Å². The van der Waals surface area contributed by atoms with E-state index in [1.165, 1.54) is 12.8 Å². The lowest BCUT2D eigenvalue weighted by molar-refractivity contribution is -0.870. The second-order valence-electron chi connectivity index (χ2n) is 14.6. The van der Waals surface area contributed by atoms with Crippen molar-refractivity contribution >= 4 is 19.8 Å². The molecule has 0 saturated carbocycles. The van der Waals surface area contributed by atoms with E-state index in [0.29, 0.717) is 23.9 Å². The number of rotatable bonds is 36. The molecule has 0 heterocycles. The summed E-state index contributed by atoms with van der Waals surface area (Å²) in [4.78, 5) is 37.4. The molecule has 0 aromatic heterocycles. The van der Waals surface area contributed by atoms with Crippen LogP contribution in [-0.4, -0.2) is 70.0 Å². The first-order valence-corrected chi connectivity index (χ1v) is 22.3. The molecule has 0 saturated heterocycles. The van der Waals surface area contributed by atoms with Crippen LogP contribution in [0.15, 0.2) is 85.1 Å². The summed E-state index contributed by atoms with van der Waals surface area (Å²) in [5, 5.41) is 0. The third kappa shape index (κ3) is 40.7. The highest BCUT2D eigenvalue weighted by Crippen LogP contribution is 2.38. The van der Waals surface area contributed by atoms with E-state index in [2.05, 4.69) is 92.8 Å². The molecule has 0 aliphatic carbocycles. The van der Waals surface area contributed by atoms with Crippen molar-refractivity contribution in [1.82, 2.24) is 0 Å². The Morgan fingerprint density at radius 1 is 0.582 bits per heavy atom. The Bertz CT molecular complexity index is 1210. The molecule has 0 aromatic carbocycles. The van der Waals surface area contributed by atoms with E-state index in [0.717, 1.165) is 83.5 Å². The summed E-state index contributed by atoms with van der Waals surface area (Å²) in [7, 11) is 1.11. The van der Waals surface area contributed by atoms with Gasteiger partial charge in [-0.3, -0.25) is 14.2 Å². The van der Waals surface area contributed by atoms with Crippen molar-refractivity contribution in [1.29, 1.82) is 0 Å². The van der Waals surface area contributed by atoms with E-state index < -0.39 is 32.5 Å². The largest absolute Gasteiger partial charge is 0.756 e. The topological polar surface area (TPSA) is 111 Å². The SMILES string of the molecule is CC/C=C/C/C=C/C/C=C/C/C=C/C/C=C/CCCC(=O)OC[C@H](COP(=O)([O-])OCC[N+](C)(C)C)OC(=O)CCCCCCC/C=C/C/C=C/CCCC. The number of ether oxygens (including phenoxy) is 2. The van der Waals surface area contributed by atoms with E-state index in [1.54, 1.807) is 0 Å². The number of carbonyl (C=O) groups is 2. The van der Waals surface area contributed by atoms with E-state index in [9.17, 15) is 19.0 Å². The van der Waals surface area contributed by atoms with Crippen molar-refractivity contribution in [2.75, 3.05) is 47.5 Å². The number of allylic oxidation sites excluding steroid dienone is 14. The quantitative estimate of drug-likeness (QED) is 0.0203. The maximum absolute atomic E-state index is 12.6. The minimum atomic E-state index is -4.64. The van der Waals surface area contributed by atoms with Gasteiger partial charge in [-0.15, -0.1) is 0 Å².